The van der Waals surface area contributed by atoms with E-state index in [9.17, 15) is 4.79 Å². The molecule has 0 aliphatic carbocycles. The van der Waals surface area contributed by atoms with Crippen LogP contribution in [0.15, 0.2) is 48.7 Å². The molecular weight excluding hydrogens is 332 g/mol. The normalized spacial score (nSPS) is 10.4. The predicted molar refractivity (Wildman–Crippen MR) is 99.8 cm³/mol. The number of amides is 1. The zero-order chi connectivity index (χ0) is 18.7. The van der Waals surface area contributed by atoms with Crippen LogP contribution in [0.5, 0.6) is 17.2 Å². The van der Waals surface area contributed by atoms with Crippen LogP contribution in [0.25, 0.3) is 22.3 Å². The second-order valence-corrected chi connectivity index (χ2v) is 5.65. The average Bonchev–Trinajstić information content (AvgIpc) is 3.13. The first kappa shape index (κ1) is 17.4. The lowest BCUT2D eigenvalue weighted by Gasteiger charge is -2.11. The van der Waals surface area contributed by atoms with Crippen LogP contribution in [0.4, 0.5) is 0 Å². The number of nitrogens with one attached hydrogen (secondary N) is 1. The molecule has 0 unspecified atom stereocenters. The summed E-state index contributed by atoms with van der Waals surface area (Å²) >= 11 is 0. The van der Waals surface area contributed by atoms with Gasteiger partial charge in [-0.15, -0.1) is 0 Å². The van der Waals surface area contributed by atoms with Gasteiger partial charge in [-0.25, -0.2) is 0 Å². The highest BCUT2D eigenvalue weighted by Gasteiger charge is 2.19. The zero-order valence-corrected chi connectivity index (χ0v) is 14.8. The highest BCUT2D eigenvalue weighted by atomic mass is 16.5. The van der Waals surface area contributed by atoms with E-state index in [4.69, 9.17) is 19.9 Å². The average molecular weight is 352 g/mol. The Morgan fingerprint density at radius 3 is 1.92 bits per heavy atom. The molecule has 1 amide bonds. The Bertz CT molecular complexity index is 907. The minimum absolute atomic E-state index is 0.325. The van der Waals surface area contributed by atoms with Crippen molar-refractivity contribution in [3.8, 4) is 39.5 Å². The van der Waals surface area contributed by atoms with Gasteiger partial charge in [-0.2, -0.15) is 0 Å². The quantitative estimate of drug-likeness (QED) is 0.711. The van der Waals surface area contributed by atoms with E-state index in [2.05, 4.69) is 4.98 Å². The molecule has 6 nitrogen and oxygen atoms in total. The molecule has 0 saturated carbocycles. The van der Waals surface area contributed by atoms with E-state index in [1.54, 1.807) is 33.6 Å². The van der Waals surface area contributed by atoms with Crippen molar-refractivity contribution in [3.05, 3.63) is 54.4 Å². The van der Waals surface area contributed by atoms with Crippen LogP contribution in [0.2, 0.25) is 0 Å². The molecule has 134 valence electrons. The van der Waals surface area contributed by atoms with Gasteiger partial charge in [0.05, 0.1) is 21.3 Å². The Hall–Kier alpha value is -3.41. The van der Waals surface area contributed by atoms with E-state index in [-0.39, 0.29) is 0 Å². The van der Waals surface area contributed by atoms with Crippen LogP contribution in [0, 0.1) is 0 Å². The van der Waals surface area contributed by atoms with Crippen molar-refractivity contribution < 1.29 is 19.0 Å². The summed E-state index contributed by atoms with van der Waals surface area (Å²) in [6.45, 7) is 0. The fraction of sp³-hybridized carbons (Fsp3) is 0.150. The summed E-state index contributed by atoms with van der Waals surface area (Å²) in [5.74, 6) is 1.46. The van der Waals surface area contributed by atoms with Gasteiger partial charge in [0, 0.05) is 23.4 Å². The van der Waals surface area contributed by atoms with Crippen molar-refractivity contribution in [1.29, 1.82) is 0 Å². The van der Waals surface area contributed by atoms with Gasteiger partial charge in [0.25, 0.3) is 5.91 Å². The number of aromatic nitrogens is 1. The maximum absolute atomic E-state index is 12.0. The lowest BCUT2D eigenvalue weighted by Crippen LogP contribution is -2.12. The van der Waals surface area contributed by atoms with Crippen LogP contribution >= 0.6 is 0 Å². The standard InChI is InChI=1S/C20H20N2O4/c1-24-14-6-4-12(5-7-14)17-11-22-19(20(21)23)18(17)13-8-15(25-2)10-16(9-13)26-3/h4-11,22H,1-3H3,(H2,21,23). The first-order valence-corrected chi connectivity index (χ1v) is 7.96. The van der Waals surface area contributed by atoms with Gasteiger partial charge < -0.3 is 24.9 Å². The molecule has 6 heteroatoms. The summed E-state index contributed by atoms with van der Waals surface area (Å²) < 4.78 is 15.9. The van der Waals surface area contributed by atoms with Gasteiger partial charge in [0.1, 0.15) is 22.9 Å². The van der Waals surface area contributed by atoms with Crippen LogP contribution in [0.3, 0.4) is 0 Å². The predicted octanol–water partition coefficient (Wildman–Crippen LogP) is 3.47. The first-order chi connectivity index (χ1) is 12.6. The minimum Gasteiger partial charge on any atom is -0.497 e. The lowest BCUT2D eigenvalue weighted by molar-refractivity contribution is 0.0997. The lowest BCUT2D eigenvalue weighted by atomic mass is 9.96. The molecule has 1 aromatic heterocycles. The summed E-state index contributed by atoms with van der Waals surface area (Å²) in [5, 5.41) is 0. The summed E-state index contributed by atoms with van der Waals surface area (Å²) in [7, 11) is 4.77. The molecule has 0 aliphatic rings. The molecule has 0 bridgehead atoms. The topological polar surface area (TPSA) is 86.6 Å². The van der Waals surface area contributed by atoms with Crippen molar-refractivity contribution >= 4 is 5.91 Å². The van der Waals surface area contributed by atoms with E-state index < -0.39 is 5.91 Å². The van der Waals surface area contributed by atoms with Crippen molar-refractivity contribution in [1.82, 2.24) is 4.98 Å². The molecule has 3 N–H and O–H groups in total. The van der Waals surface area contributed by atoms with E-state index in [0.29, 0.717) is 22.8 Å². The summed E-state index contributed by atoms with van der Waals surface area (Å²) in [5.41, 5.74) is 9.13. The number of hydrogen-bond donors (Lipinski definition) is 2. The third kappa shape index (κ3) is 3.21. The number of methoxy groups -OCH3 is 3. The molecule has 0 saturated heterocycles. The monoisotopic (exact) mass is 352 g/mol. The van der Waals surface area contributed by atoms with E-state index in [1.165, 1.54) is 0 Å². The Kier molecular flexibility index (Phi) is 4.84. The number of aromatic amines is 1. The Morgan fingerprint density at radius 2 is 1.42 bits per heavy atom. The molecule has 0 spiro atoms. The Labute approximate surface area is 151 Å². The molecule has 2 aromatic carbocycles. The van der Waals surface area contributed by atoms with Gasteiger partial charge in [-0.3, -0.25) is 4.79 Å². The number of carbonyl (C=O) groups excluding carboxylic acids is 1. The third-order valence-electron chi connectivity index (χ3n) is 4.17. The molecule has 3 aromatic rings. The zero-order valence-electron chi connectivity index (χ0n) is 14.8. The fourth-order valence-corrected chi connectivity index (χ4v) is 2.87. The smallest absolute Gasteiger partial charge is 0.265 e. The van der Waals surface area contributed by atoms with E-state index in [1.807, 2.05) is 36.4 Å². The number of rotatable bonds is 6. The Balaban J connectivity index is 2.22. The van der Waals surface area contributed by atoms with Gasteiger partial charge in [0.15, 0.2) is 0 Å². The van der Waals surface area contributed by atoms with Crippen LogP contribution < -0.4 is 19.9 Å². The van der Waals surface area contributed by atoms with E-state index >= 15 is 0 Å². The van der Waals surface area contributed by atoms with Gasteiger partial charge in [-0.1, -0.05) is 12.1 Å². The van der Waals surface area contributed by atoms with Crippen LogP contribution in [0.1, 0.15) is 10.5 Å². The molecule has 0 atom stereocenters. The number of H-pyrrole nitrogens is 1. The van der Waals surface area contributed by atoms with Gasteiger partial charge in [-0.05, 0) is 35.4 Å². The molecular formula is C20H20N2O4. The fourth-order valence-electron chi connectivity index (χ4n) is 2.87. The number of carbonyl (C=O) groups is 1. The number of hydrogen-bond acceptors (Lipinski definition) is 4. The third-order valence-corrected chi connectivity index (χ3v) is 4.17. The number of nitrogens with two attached hydrogens (primary N) is 1. The van der Waals surface area contributed by atoms with Crippen molar-refractivity contribution in [2.75, 3.05) is 21.3 Å². The highest BCUT2D eigenvalue weighted by molar-refractivity contribution is 6.03. The van der Waals surface area contributed by atoms with Crippen molar-refractivity contribution in [2.45, 2.75) is 0 Å². The second-order valence-electron chi connectivity index (χ2n) is 5.65. The largest absolute Gasteiger partial charge is 0.497 e. The minimum atomic E-state index is -0.540. The summed E-state index contributed by atoms with van der Waals surface area (Å²) in [6, 6.07) is 13.0. The number of ether oxygens (including phenoxy) is 3. The van der Waals surface area contributed by atoms with Gasteiger partial charge >= 0.3 is 0 Å². The summed E-state index contributed by atoms with van der Waals surface area (Å²) in [4.78, 5) is 14.9. The number of benzene rings is 2. The van der Waals surface area contributed by atoms with Crippen molar-refractivity contribution in [3.63, 3.8) is 0 Å². The highest BCUT2D eigenvalue weighted by Crippen LogP contribution is 2.38. The van der Waals surface area contributed by atoms with Crippen LogP contribution in [-0.4, -0.2) is 32.2 Å². The molecule has 1 heterocycles. The van der Waals surface area contributed by atoms with Crippen LogP contribution in [-0.2, 0) is 0 Å². The summed E-state index contributed by atoms with van der Waals surface area (Å²) in [6.07, 6.45) is 1.77. The first-order valence-electron chi connectivity index (χ1n) is 7.96. The maximum atomic E-state index is 12.0. The van der Waals surface area contributed by atoms with Crippen molar-refractivity contribution in [2.24, 2.45) is 5.73 Å². The maximum Gasteiger partial charge on any atom is 0.265 e. The molecule has 0 radical (unpaired) electrons. The second kappa shape index (κ2) is 7.23. The Morgan fingerprint density at radius 1 is 0.846 bits per heavy atom. The van der Waals surface area contributed by atoms with E-state index in [0.717, 1.165) is 22.4 Å². The molecule has 26 heavy (non-hydrogen) atoms. The number of primary amides is 1. The molecule has 3 rings (SSSR count). The molecule has 0 aliphatic heterocycles. The molecule has 0 fully saturated rings. The SMILES string of the molecule is COc1ccc(-c2c[nH]c(C(N)=O)c2-c2cc(OC)cc(OC)c2)cc1. The van der Waals surface area contributed by atoms with Gasteiger partial charge in [0.2, 0.25) is 0 Å².